The molecule has 0 spiro atoms. The summed E-state index contributed by atoms with van der Waals surface area (Å²) >= 11 is 0. The number of likely N-dealkylation sites (tertiary alicyclic amines) is 1. The molecule has 1 N–H and O–H groups in total. The van der Waals surface area contributed by atoms with E-state index in [1.54, 1.807) is 0 Å². The fourth-order valence-corrected chi connectivity index (χ4v) is 4.05. The molecule has 1 saturated heterocycles. The number of amides is 1. The normalized spacial score (nSPS) is 23.6. The van der Waals surface area contributed by atoms with Crippen molar-refractivity contribution in [1.82, 2.24) is 10.2 Å². The molecule has 2 fully saturated rings. The Kier molecular flexibility index (Phi) is 5.71. The van der Waals surface area contributed by atoms with Crippen LogP contribution in [0, 0.1) is 12.8 Å². The van der Waals surface area contributed by atoms with E-state index in [1.165, 1.54) is 43.2 Å². The molecule has 0 bridgehead atoms. The fourth-order valence-electron chi connectivity index (χ4n) is 4.05. The van der Waals surface area contributed by atoms with Crippen molar-refractivity contribution >= 4 is 5.91 Å². The van der Waals surface area contributed by atoms with E-state index < -0.39 is 0 Å². The highest BCUT2D eigenvalue weighted by Crippen LogP contribution is 2.22. The van der Waals surface area contributed by atoms with Gasteiger partial charge < -0.3 is 5.32 Å². The van der Waals surface area contributed by atoms with Crippen LogP contribution in [0.3, 0.4) is 0 Å². The van der Waals surface area contributed by atoms with E-state index in [4.69, 9.17) is 0 Å². The minimum absolute atomic E-state index is 0.176. The van der Waals surface area contributed by atoms with Gasteiger partial charge in [0.15, 0.2) is 0 Å². The Hall–Kier alpha value is -1.35. The summed E-state index contributed by atoms with van der Waals surface area (Å²) in [5.41, 5.74) is 2.67. The highest BCUT2D eigenvalue weighted by Gasteiger charge is 2.27. The number of benzene rings is 1. The van der Waals surface area contributed by atoms with Crippen molar-refractivity contribution in [2.45, 2.75) is 64.5 Å². The number of nitrogens with one attached hydrogen (secondary N) is 1. The van der Waals surface area contributed by atoms with E-state index in [9.17, 15) is 4.79 Å². The molecule has 3 nitrogen and oxygen atoms in total. The lowest BCUT2D eigenvalue weighted by molar-refractivity contribution is -0.127. The summed E-state index contributed by atoms with van der Waals surface area (Å²) < 4.78 is 0. The predicted octanol–water partition coefficient (Wildman–Crippen LogP) is 3.66. The summed E-state index contributed by atoms with van der Waals surface area (Å²) in [5.74, 6) is 0.473. The highest BCUT2D eigenvalue weighted by atomic mass is 16.2. The summed E-state index contributed by atoms with van der Waals surface area (Å²) in [6.45, 7) is 5.13. The van der Waals surface area contributed by atoms with Crippen LogP contribution in [-0.4, -0.2) is 29.9 Å². The molecule has 1 unspecified atom stereocenters. The van der Waals surface area contributed by atoms with Crippen LogP contribution in [0.4, 0.5) is 0 Å². The molecule has 3 rings (SSSR count). The number of piperidine rings is 1. The van der Waals surface area contributed by atoms with Gasteiger partial charge in [0, 0.05) is 19.1 Å². The average molecular weight is 314 g/mol. The van der Waals surface area contributed by atoms with Gasteiger partial charge in [0.1, 0.15) is 0 Å². The largest absolute Gasteiger partial charge is 0.353 e. The van der Waals surface area contributed by atoms with Crippen molar-refractivity contribution in [2.75, 3.05) is 13.1 Å². The molecule has 0 radical (unpaired) electrons. The molecule has 0 aromatic heterocycles. The molecule has 1 aliphatic carbocycles. The highest BCUT2D eigenvalue weighted by molar-refractivity contribution is 5.79. The van der Waals surface area contributed by atoms with Gasteiger partial charge in [0.25, 0.3) is 0 Å². The minimum atomic E-state index is 0.176. The molecule has 1 saturated carbocycles. The summed E-state index contributed by atoms with van der Waals surface area (Å²) in [7, 11) is 0. The topological polar surface area (TPSA) is 32.3 Å². The monoisotopic (exact) mass is 314 g/mol. The second-order valence-corrected chi connectivity index (χ2v) is 7.41. The van der Waals surface area contributed by atoms with Gasteiger partial charge in [0.05, 0.1) is 5.92 Å². The lowest BCUT2D eigenvalue weighted by Gasteiger charge is -2.33. The Morgan fingerprint density at radius 2 is 2.00 bits per heavy atom. The molecule has 1 aromatic rings. The van der Waals surface area contributed by atoms with Crippen molar-refractivity contribution in [2.24, 2.45) is 5.92 Å². The molecular weight excluding hydrogens is 284 g/mol. The molecule has 1 atom stereocenters. The van der Waals surface area contributed by atoms with Crippen LogP contribution >= 0.6 is 0 Å². The Bertz CT molecular complexity index is 522. The SMILES string of the molecule is Cc1cccc(CN2CCCC(C(=O)NC3CCCCC3)C2)c1. The third-order valence-corrected chi connectivity index (χ3v) is 5.32. The van der Waals surface area contributed by atoms with Crippen molar-refractivity contribution in [3.8, 4) is 0 Å². The molecule has 1 heterocycles. The molecular formula is C20H30N2O. The van der Waals surface area contributed by atoms with E-state index in [0.29, 0.717) is 11.9 Å². The van der Waals surface area contributed by atoms with Crippen LogP contribution < -0.4 is 5.32 Å². The Morgan fingerprint density at radius 3 is 2.78 bits per heavy atom. The standard InChI is InChI=1S/C20H30N2O/c1-16-7-5-8-17(13-16)14-22-12-6-9-18(15-22)20(23)21-19-10-3-2-4-11-19/h5,7-8,13,18-19H,2-4,6,9-12,14-15H2,1H3,(H,21,23). The first-order valence-corrected chi connectivity index (χ1v) is 9.29. The van der Waals surface area contributed by atoms with Gasteiger partial charge in [-0.1, -0.05) is 49.1 Å². The van der Waals surface area contributed by atoms with Crippen LogP contribution in [0.15, 0.2) is 24.3 Å². The number of nitrogens with zero attached hydrogens (tertiary/aromatic N) is 1. The molecule has 2 aliphatic rings. The lowest BCUT2D eigenvalue weighted by atomic mass is 9.93. The molecule has 23 heavy (non-hydrogen) atoms. The van der Waals surface area contributed by atoms with E-state index in [1.807, 2.05) is 0 Å². The zero-order valence-electron chi connectivity index (χ0n) is 14.4. The third-order valence-electron chi connectivity index (χ3n) is 5.32. The van der Waals surface area contributed by atoms with Crippen LogP contribution in [0.25, 0.3) is 0 Å². The molecule has 3 heteroatoms. The maximum Gasteiger partial charge on any atom is 0.224 e. The summed E-state index contributed by atoms with van der Waals surface area (Å²) in [5, 5.41) is 3.32. The van der Waals surface area contributed by atoms with E-state index >= 15 is 0 Å². The second-order valence-electron chi connectivity index (χ2n) is 7.41. The number of hydrogen-bond donors (Lipinski definition) is 1. The molecule has 126 valence electrons. The fraction of sp³-hybridized carbons (Fsp3) is 0.650. The minimum Gasteiger partial charge on any atom is -0.353 e. The Balaban J connectivity index is 1.52. The summed E-state index contributed by atoms with van der Waals surface area (Å²) in [6.07, 6.45) is 8.40. The quantitative estimate of drug-likeness (QED) is 0.920. The Labute approximate surface area is 140 Å². The van der Waals surface area contributed by atoms with Gasteiger partial charge in [-0.25, -0.2) is 0 Å². The molecule has 1 aromatic carbocycles. The lowest BCUT2D eigenvalue weighted by Crippen LogP contribution is -2.46. The zero-order valence-corrected chi connectivity index (χ0v) is 14.4. The number of aryl methyl sites for hydroxylation is 1. The van der Waals surface area contributed by atoms with Gasteiger partial charge in [-0.2, -0.15) is 0 Å². The summed E-state index contributed by atoms with van der Waals surface area (Å²) in [6, 6.07) is 9.15. The first-order valence-electron chi connectivity index (χ1n) is 9.29. The van der Waals surface area contributed by atoms with Crippen LogP contribution in [0.2, 0.25) is 0 Å². The van der Waals surface area contributed by atoms with E-state index in [-0.39, 0.29) is 5.92 Å². The van der Waals surface area contributed by atoms with Gasteiger partial charge in [-0.3, -0.25) is 9.69 Å². The number of hydrogen-bond acceptors (Lipinski definition) is 2. The first kappa shape index (κ1) is 16.5. The van der Waals surface area contributed by atoms with Gasteiger partial charge >= 0.3 is 0 Å². The predicted molar refractivity (Wildman–Crippen MR) is 94.2 cm³/mol. The van der Waals surface area contributed by atoms with Crippen LogP contribution in [0.5, 0.6) is 0 Å². The smallest absolute Gasteiger partial charge is 0.224 e. The maximum absolute atomic E-state index is 12.6. The van der Waals surface area contributed by atoms with Crippen molar-refractivity contribution < 1.29 is 4.79 Å². The van der Waals surface area contributed by atoms with Crippen molar-refractivity contribution in [3.63, 3.8) is 0 Å². The van der Waals surface area contributed by atoms with E-state index in [2.05, 4.69) is 41.4 Å². The van der Waals surface area contributed by atoms with Gasteiger partial charge in [-0.05, 0) is 44.7 Å². The van der Waals surface area contributed by atoms with Crippen molar-refractivity contribution in [1.29, 1.82) is 0 Å². The summed E-state index contributed by atoms with van der Waals surface area (Å²) in [4.78, 5) is 15.0. The molecule has 1 aliphatic heterocycles. The maximum atomic E-state index is 12.6. The van der Waals surface area contributed by atoms with Gasteiger partial charge in [-0.15, -0.1) is 0 Å². The van der Waals surface area contributed by atoms with Gasteiger partial charge in [0.2, 0.25) is 5.91 Å². The zero-order chi connectivity index (χ0) is 16.1. The average Bonchev–Trinajstić information content (AvgIpc) is 2.56. The van der Waals surface area contributed by atoms with E-state index in [0.717, 1.165) is 32.5 Å². The number of rotatable bonds is 4. The Morgan fingerprint density at radius 1 is 1.17 bits per heavy atom. The second kappa shape index (κ2) is 7.96. The van der Waals surface area contributed by atoms with Crippen LogP contribution in [-0.2, 0) is 11.3 Å². The third kappa shape index (κ3) is 4.81. The number of carbonyl (C=O) groups is 1. The van der Waals surface area contributed by atoms with Crippen molar-refractivity contribution in [3.05, 3.63) is 35.4 Å². The number of carbonyl (C=O) groups excluding carboxylic acids is 1. The first-order chi connectivity index (χ1) is 11.2. The molecule has 1 amide bonds. The van der Waals surface area contributed by atoms with Crippen LogP contribution in [0.1, 0.15) is 56.1 Å².